The molecule has 2 unspecified atom stereocenters. The van der Waals surface area contributed by atoms with Gasteiger partial charge in [0.2, 0.25) is 0 Å². The maximum Gasteiger partial charge on any atom is 0.0828 e. The van der Waals surface area contributed by atoms with E-state index < -0.39 is 0 Å². The summed E-state index contributed by atoms with van der Waals surface area (Å²) in [7, 11) is 0. The first-order valence-electron chi connectivity index (χ1n) is 16.5. The van der Waals surface area contributed by atoms with Crippen LogP contribution in [0.4, 0.5) is 0 Å². The van der Waals surface area contributed by atoms with Gasteiger partial charge < -0.3 is 4.74 Å². The van der Waals surface area contributed by atoms with Crippen molar-refractivity contribution in [3.8, 4) is 0 Å². The number of hydrogen-bond acceptors (Lipinski definition) is 1. The molecule has 1 fully saturated rings. The predicted octanol–water partition coefficient (Wildman–Crippen LogP) is 12.0. The van der Waals surface area contributed by atoms with E-state index in [-0.39, 0.29) is 15.8 Å². The van der Waals surface area contributed by atoms with Gasteiger partial charge in [0.15, 0.2) is 0 Å². The highest BCUT2D eigenvalue weighted by Gasteiger charge is 2.39. The summed E-state index contributed by atoms with van der Waals surface area (Å²) in [4.78, 5) is 0. The zero-order chi connectivity index (χ0) is 29.0. The molecule has 224 valence electrons. The van der Waals surface area contributed by atoms with E-state index in [9.17, 15) is 0 Å². The molecule has 1 aliphatic rings. The summed E-state index contributed by atoms with van der Waals surface area (Å²) >= 11 is 4.36. The van der Waals surface area contributed by atoms with Crippen LogP contribution >= 0.6 is 15.9 Å². The Kier molecular flexibility index (Phi) is 13.8. The molecule has 0 heterocycles. The number of rotatable bonds is 17. The molecule has 0 bridgehead atoms. The zero-order valence-electron chi connectivity index (χ0n) is 26.6. The van der Waals surface area contributed by atoms with Gasteiger partial charge in [-0.15, -0.1) is 0 Å². The number of hydrogen-bond donors (Lipinski definition) is 0. The Labute approximate surface area is 256 Å². The van der Waals surface area contributed by atoms with Gasteiger partial charge in [-0.05, 0) is 104 Å². The van der Waals surface area contributed by atoms with E-state index in [0.29, 0.717) is 0 Å². The molecule has 2 aromatic carbocycles. The summed E-state index contributed by atoms with van der Waals surface area (Å²) in [6.45, 7) is 15.4. The molecule has 1 nitrogen and oxygen atoms in total. The predicted molar refractivity (Wildman–Crippen MR) is 178 cm³/mol. The molecule has 3 rings (SSSR count). The molecular weight excluding hydrogens is 552 g/mol. The van der Waals surface area contributed by atoms with Crippen molar-refractivity contribution in [1.82, 2.24) is 0 Å². The van der Waals surface area contributed by atoms with Crippen LogP contribution in [0.25, 0.3) is 0 Å². The lowest BCUT2D eigenvalue weighted by molar-refractivity contribution is -0.0475. The minimum absolute atomic E-state index is 0.138. The fourth-order valence-electron chi connectivity index (χ4n) is 6.58. The molecular formula is C38H59BrO. The molecule has 2 aromatic rings. The quantitative estimate of drug-likeness (QED) is 0.162. The lowest BCUT2D eigenvalue weighted by Crippen LogP contribution is -2.37. The van der Waals surface area contributed by atoms with Gasteiger partial charge in [0.1, 0.15) is 0 Å². The second-order valence-electron chi connectivity index (χ2n) is 14.4. The lowest BCUT2D eigenvalue weighted by Gasteiger charge is -2.44. The molecule has 2 heteroatoms. The monoisotopic (exact) mass is 610 g/mol. The standard InChI is InChI=1S/C38H59BrO/c1-30(2)23-25-38(39,26-24-31(3)4)28-27-37(6,35-20-17-32(5)18-21-35)29-40-36(34-15-11-8-12-16-34)22-19-33-13-9-7-10-14-33/h7-16,30-32,35-36H,17-29H2,1-6H3. The Morgan fingerprint density at radius 2 is 1.30 bits per heavy atom. The fraction of sp³-hybridized carbons (Fsp3) is 0.684. The molecule has 0 aromatic heterocycles. The van der Waals surface area contributed by atoms with Crippen LogP contribution in [0.15, 0.2) is 60.7 Å². The summed E-state index contributed by atoms with van der Waals surface area (Å²) in [5, 5.41) is 0. The van der Waals surface area contributed by atoms with E-state index in [4.69, 9.17) is 4.74 Å². The van der Waals surface area contributed by atoms with Gasteiger partial charge in [-0.2, -0.15) is 0 Å². The van der Waals surface area contributed by atoms with E-state index in [1.54, 1.807) is 0 Å². The van der Waals surface area contributed by atoms with Crippen LogP contribution in [0.1, 0.15) is 129 Å². The maximum atomic E-state index is 7.04. The Morgan fingerprint density at radius 1 is 0.750 bits per heavy atom. The maximum absolute atomic E-state index is 7.04. The second kappa shape index (κ2) is 16.5. The zero-order valence-corrected chi connectivity index (χ0v) is 28.2. The van der Waals surface area contributed by atoms with Gasteiger partial charge in [0, 0.05) is 4.32 Å². The number of halogens is 1. The van der Waals surface area contributed by atoms with Gasteiger partial charge in [-0.3, -0.25) is 0 Å². The van der Waals surface area contributed by atoms with Crippen LogP contribution in [0.2, 0.25) is 0 Å². The van der Waals surface area contributed by atoms with Gasteiger partial charge in [0.05, 0.1) is 12.7 Å². The highest BCUT2D eigenvalue weighted by atomic mass is 79.9. The van der Waals surface area contributed by atoms with Crippen LogP contribution < -0.4 is 0 Å². The first kappa shape index (κ1) is 33.4. The summed E-state index contributed by atoms with van der Waals surface area (Å²) in [6.07, 6.45) is 15.3. The first-order valence-corrected chi connectivity index (χ1v) is 17.3. The molecule has 0 saturated heterocycles. The van der Waals surface area contributed by atoms with Crippen LogP contribution in [0, 0.1) is 29.1 Å². The Morgan fingerprint density at radius 3 is 1.85 bits per heavy atom. The third kappa shape index (κ3) is 11.3. The summed E-state index contributed by atoms with van der Waals surface area (Å²) in [5.74, 6) is 3.13. The molecule has 0 N–H and O–H groups in total. The minimum atomic E-state index is 0.138. The highest BCUT2D eigenvalue weighted by molar-refractivity contribution is 9.10. The van der Waals surface area contributed by atoms with Gasteiger partial charge in [-0.1, -0.05) is 131 Å². The van der Waals surface area contributed by atoms with E-state index in [0.717, 1.165) is 43.1 Å². The number of alkyl halides is 1. The van der Waals surface area contributed by atoms with Gasteiger partial charge in [0.25, 0.3) is 0 Å². The average Bonchev–Trinajstić information content (AvgIpc) is 2.95. The molecule has 0 radical (unpaired) electrons. The van der Waals surface area contributed by atoms with E-state index in [2.05, 4.69) is 118 Å². The molecule has 2 atom stereocenters. The number of ether oxygens (including phenoxy) is 1. The molecule has 0 spiro atoms. The largest absolute Gasteiger partial charge is 0.373 e. The smallest absolute Gasteiger partial charge is 0.0828 e. The van der Waals surface area contributed by atoms with Crippen molar-refractivity contribution in [3.63, 3.8) is 0 Å². The van der Waals surface area contributed by atoms with E-state index in [1.807, 2.05) is 0 Å². The summed E-state index contributed by atoms with van der Waals surface area (Å²) in [6, 6.07) is 21.9. The van der Waals surface area contributed by atoms with Gasteiger partial charge >= 0.3 is 0 Å². The van der Waals surface area contributed by atoms with Crippen molar-refractivity contribution in [2.24, 2.45) is 29.1 Å². The topological polar surface area (TPSA) is 9.23 Å². The third-order valence-corrected chi connectivity index (χ3v) is 11.0. The van der Waals surface area contributed by atoms with Crippen LogP contribution in [0.3, 0.4) is 0 Å². The molecule has 0 aliphatic heterocycles. The van der Waals surface area contributed by atoms with Crippen molar-refractivity contribution in [3.05, 3.63) is 71.8 Å². The molecule has 0 amide bonds. The fourth-order valence-corrected chi connectivity index (χ4v) is 7.23. The first-order chi connectivity index (χ1) is 19.1. The number of benzene rings is 2. The van der Waals surface area contributed by atoms with Crippen molar-refractivity contribution < 1.29 is 4.74 Å². The van der Waals surface area contributed by atoms with Crippen LogP contribution in [0.5, 0.6) is 0 Å². The van der Waals surface area contributed by atoms with Crippen LogP contribution in [-0.4, -0.2) is 10.9 Å². The van der Waals surface area contributed by atoms with Crippen LogP contribution in [-0.2, 0) is 11.2 Å². The van der Waals surface area contributed by atoms with E-state index >= 15 is 0 Å². The third-order valence-electron chi connectivity index (χ3n) is 9.81. The van der Waals surface area contributed by atoms with Crippen molar-refractivity contribution in [2.45, 2.75) is 129 Å². The summed E-state index contributed by atoms with van der Waals surface area (Å²) in [5.41, 5.74) is 2.92. The normalized spacial score (nSPS) is 20.5. The Bertz CT molecular complexity index is 918. The number of aryl methyl sites for hydroxylation is 1. The second-order valence-corrected chi connectivity index (χ2v) is 16.0. The molecule has 1 saturated carbocycles. The average molecular weight is 612 g/mol. The Balaban J connectivity index is 1.77. The molecule has 40 heavy (non-hydrogen) atoms. The van der Waals surface area contributed by atoms with Crippen molar-refractivity contribution >= 4 is 15.9 Å². The Hall–Kier alpha value is -1.12. The van der Waals surface area contributed by atoms with Crippen molar-refractivity contribution in [2.75, 3.05) is 6.61 Å². The van der Waals surface area contributed by atoms with Gasteiger partial charge in [-0.25, -0.2) is 0 Å². The van der Waals surface area contributed by atoms with Crippen molar-refractivity contribution in [1.29, 1.82) is 0 Å². The SMILES string of the molecule is CC(C)CCC(Br)(CCC(C)C)CCC(C)(COC(CCc1ccccc1)c1ccccc1)C1CCC(C)CC1. The molecule has 1 aliphatic carbocycles. The minimum Gasteiger partial charge on any atom is -0.373 e. The lowest BCUT2D eigenvalue weighted by atomic mass is 9.65. The highest BCUT2D eigenvalue weighted by Crippen LogP contribution is 2.48. The summed E-state index contributed by atoms with van der Waals surface area (Å²) < 4.78 is 7.29. The van der Waals surface area contributed by atoms with E-state index in [1.165, 1.54) is 75.3 Å².